The van der Waals surface area contributed by atoms with Crippen molar-refractivity contribution in [2.24, 2.45) is 5.92 Å². The van der Waals surface area contributed by atoms with E-state index in [2.05, 4.69) is 0 Å². The number of benzene rings is 1. The molecule has 1 saturated heterocycles. The molecule has 1 aliphatic rings. The number of aliphatic hydroxyl groups is 1. The summed E-state index contributed by atoms with van der Waals surface area (Å²) in [5.74, 6) is -0.530. The van der Waals surface area contributed by atoms with Gasteiger partial charge in [-0.2, -0.15) is 0 Å². The Morgan fingerprint density at radius 1 is 1.45 bits per heavy atom. The maximum absolute atomic E-state index is 13.8. The Hall–Kier alpha value is -1.46. The Bertz CT molecular complexity index is 532. The minimum absolute atomic E-state index is 0.0968. The SMILES string of the molecule is COC(C)(C)C(=O)N1CC[C@H](O)[C@H](Cc2ccccc2F)C1. The van der Waals surface area contributed by atoms with Crippen molar-refractivity contribution in [2.45, 2.75) is 38.4 Å². The first-order valence-corrected chi connectivity index (χ1v) is 7.61. The van der Waals surface area contributed by atoms with Crippen LogP contribution in [0.15, 0.2) is 24.3 Å². The van der Waals surface area contributed by atoms with E-state index in [0.29, 0.717) is 31.5 Å². The Labute approximate surface area is 130 Å². The summed E-state index contributed by atoms with van der Waals surface area (Å²) in [7, 11) is 1.51. The van der Waals surface area contributed by atoms with Crippen molar-refractivity contribution in [3.05, 3.63) is 35.6 Å². The highest BCUT2D eigenvalue weighted by Crippen LogP contribution is 2.25. The zero-order valence-corrected chi connectivity index (χ0v) is 13.4. The molecule has 0 aliphatic carbocycles. The summed E-state index contributed by atoms with van der Waals surface area (Å²) in [4.78, 5) is 14.2. The first kappa shape index (κ1) is 16.9. The summed E-state index contributed by atoms with van der Waals surface area (Å²) in [5.41, 5.74) is -0.308. The van der Waals surface area contributed by atoms with Crippen molar-refractivity contribution < 1.29 is 19.0 Å². The van der Waals surface area contributed by atoms with Crippen molar-refractivity contribution in [1.82, 2.24) is 4.90 Å². The van der Waals surface area contributed by atoms with E-state index in [1.165, 1.54) is 13.2 Å². The quantitative estimate of drug-likeness (QED) is 0.925. The van der Waals surface area contributed by atoms with Gasteiger partial charge in [-0.3, -0.25) is 4.79 Å². The van der Waals surface area contributed by atoms with E-state index < -0.39 is 11.7 Å². The fourth-order valence-electron chi connectivity index (χ4n) is 2.82. The molecule has 0 bridgehead atoms. The van der Waals surface area contributed by atoms with Gasteiger partial charge in [0.15, 0.2) is 0 Å². The smallest absolute Gasteiger partial charge is 0.254 e. The molecule has 1 aromatic carbocycles. The number of hydrogen-bond acceptors (Lipinski definition) is 3. The first-order chi connectivity index (χ1) is 10.3. The van der Waals surface area contributed by atoms with Gasteiger partial charge < -0.3 is 14.7 Å². The Morgan fingerprint density at radius 3 is 2.77 bits per heavy atom. The molecule has 0 unspecified atom stereocenters. The number of carbonyl (C=O) groups is 1. The summed E-state index contributed by atoms with van der Waals surface area (Å²) in [6.07, 6.45) is 0.407. The fraction of sp³-hybridized carbons (Fsp3) is 0.588. The van der Waals surface area contributed by atoms with Gasteiger partial charge >= 0.3 is 0 Å². The summed E-state index contributed by atoms with van der Waals surface area (Å²) in [6.45, 7) is 4.38. The summed E-state index contributed by atoms with van der Waals surface area (Å²) in [6, 6.07) is 6.57. The summed E-state index contributed by atoms with van der Waals surface area (Å²) >= 11 is 0. The minimum Gasteiger partial charge on any atom is -0.393 e. The Kier molecular flexibility index (Phi) is 5.19. The predicted molar refractivity (Wildman–Crippen MR) is 81.9 cm³/mol. The van der Waals surface area contributed by atoms with Crippen molar-refractivity contribution in [3.63, 3.8) is 0 Å². The van der Waals surface area contributed by atoms with Gasteiger partial charge in [0, 0.05) is 26.1 Å². The molecular formula is C17H24FNO3. The Morgan fingerprint density at radius 2 is 2.14 bits per heavy atom. The number of amides is 1. The first-order valence-electron chi connectivity index (χ1n) is 7.61. The molecule has 1 amide bonds. The van der Waals surface area contributed by atoms with Crippen LogP contribution < -0.4 is 0 Å². The fourth-order valence-corrected chi connectivity index (χ4v) is 2.82. The number of carbonyl (C=O) groups excluding carboxylic acids is 1. The van der Waals surface area contributed by atoms with Crippen LogP contribution in [0, 0.1) is 11.7 Å². The van der Waals surface area contributed by atoms with Gasteiger partial charge in [0.25, 0.3) is 5.91 Å². The lowest BCUT2D eigenvalue weighted by Gasteiger charge is -2.39. The second kappa shape index (κ2) is 6.75. The molecule has 4 nitrogen and oxygen atoms in total. The van der Waals surface area contributed by atoms with Gasteiger partial charge in [-0.25, -0.2) is 4.39 Å². The summed E-state index contributed by atoms with van der Waals surface area (Å²) < 4.78 is 19.0. The van der Waals surface area contributed by atoms with Gasteiger partial charge in [-0.15, -0.1) is 0 Å². The highest BCUT2D eigenvalue weighted by molar-refractivity contribution is 5.84. The van der Waals surface area contributed by atoms with Crippen LogP contribution in [0.1, 0.15) is 25.8 Å². The molecule has 2 atom stereocenters. The zero-order chi connectivity index (χ0) is 16.3. The third kappa shape index (κ3) is 3.65. The number of halogens is 1. The number of methoxy groups -OCH3 is 1. The van der Waals surface area contributed by atoms with Gasteiger partial charge in [0.1, 0.15) is 11.4 Å². The lowest BCUT2D eigenvalue weighted by atomic mass is 9.88. The Balaban J connectivity index is 2.09. The molecule has 1 fully saturated rings. The van der Waals surface area contributed by atoms with Gasteiger partial charge in [-0.05, 0) is 38.3 Å². The third-order valence-electron chi connectivity index (χ3n) is 4.45. The van der Waals surface area contributed by atoms with Crippen molar-refractivity contribution in [1.29, 1.82) is 0 Å². The van der Waals surface area contributed by atoms with Crippen LogP contribution >= 0.6 is 0 Å². The lowest BCUT2D eigenvalue weighted by Crippen LogP contribution is -2.53. The van der Waals surface area contributed by atoms with Crippen LogP contribution in [0.4, 0.5) is 4.39 Å². The van der Waals surface area contributed by atoms with Gasteiger partial charge in [0.2, 0.25) is 0 Å². The van der Waals surface area contributed by atoms with Crippen molar-refractivity contribution >= 4 is 5.91 Å². The van der Waals surface area contributed by atoms with E-state index in [-0.39, 0.29) is 17.6 Å². The molecule has 1 heterocycles. The summed E-state index contributed by atoms with van der Waals surface area (Å²) in [5, 5.41) is 10.2. The minimum atomic E-state index is -0.884. The molecule has 1 aromatic rings. The molecule has 0 saturated carbocycles. The number of ether oxygens (including phenoxy) is 1. The second-order valence-corrected chi connectivity index (χ2v) is 6.38. The molecule has 0 spiro atoms. The van der Waals surface area contributed by atoms with Crippen molar-refractivity contribution in [3.8, 4) is 0 Å². The van der Waals surface area contributed by atoms with Gasteiger partial charge in [-0.1, -0.05) is 18.2 Å². The van der Waals surface area contributed by atoms with E-state index >= 15 is 0 Å². The van der Waals surface area contributed by atoms with Crippen LogP contribution in [-0.2, 0) is 16.0 Å². The highest BCUT2D eigenvalue weighted by atomic mass is 19.1. The van der Waals surface area contributed by atoms with E-state index in [9.17, 15) is 14.3 Å². The number of aliphatic hydroxyl groups excluding tert-OH is 1. The number of rotatable bonds is 4. The van der Waals surface area contributed by atoms with E-state index in [0.717, 1.165) is 0 Å². The molecule has 122 valence electrons. The molecule has 0 aromatic heterocycles. The van der Waals surface area contributed by atoms with E-state index in [1.54, 1.807) is 36.9 Å². The largest absolute Gasteiger partial charge is 0.393 e. The monoisotopic (exact) mass is 309 g/mol. The van der Waals surface area contributed by atoms with Crippen LogP contribution in [0.5, 0.6) is 0 Å². The predicted octanol–water partition coefficient (Wildman–Crippen LogP) is 2.00. The number of nitrogens with zero attached hydrogens (tertiary/aromatic N) is 1. The molecule has 1 N–H and O–H groups in total. The molecule has 22 heavy (non-hydrogen) atoms. The maximum atomic E-state index is 13.8. The van der Waals surface area contributed by atoms with Crippen LogP contribution in [0.3, 0.4) is 0 Å². The topological polar surface area (TPSA) is 49.8 Å². The van der Waals surface area contributed by atoms with Crippen LogP contribution in [-0.4, -0.2) is 47.8 Å². The average Bonchev–Trinajstić information content (AvgIpc) is 2.51. The third-order valence-corrected chi connectivity index (χ3v) is 4.45. The van der Waals surface area contributed by atoms with Gasteiger partial charge in [0.05, 0.1) is 6.10 Å². The standard InChI is InChI=1S/C17H24FNO3/c1-17(2,22-3)16(21)19-9-8-15(20)13(11-19)10-12-6-4-5-7-14(12)18/h4-7,13,15,20H,8-11H2,1-3H3/t13-,15+/m1/s1. The lowest BCUT2D eigenvalue weighted by molar-refractivity contribution is -0.154. The van der Waals surface area contributed by atoms with Crippen molar-refractivity contribution in [2.75, 3.05) is 20.2 Å². The molecule has 1 aliphatic heterocycles. The second-order valence-electron chi connectivity index (χ2n) is 6.38. The van der Waals surface area contributed by atoms with Crippen LogP contribution in [0.2, 0.25) is 0 Å². The average molecular weight is 309 g/mol. The molecular weight excluding hydrogens is 285 g/mol. The van der Waals surface area contributed by atoms with Crippen LogP contribution in [0.25, 0.3) is 0 Å². The van der Waals surface area contributed by atoms with E-state index in [4.69, 9.17) is 4.74 Å². The zero-order valence-electron chi connectivity index (χ0n) is 13.4. The highest BCUT2D eigenvalue weighted by Gasteiger charge is 2.37. The molecule has 5 heteroatoms. The van der Waals surface area contributed by atoms with E-state index in [1.807, 2.05) is 0 Å². The normalized spacial score (nSPS) is 22.7. The number of piperidine rings is 1. The molecule has 0 radical (unpaired) electrons. The maximum Gasteiger partial charge on any atom is 0.254 e. The number of hydrogen-bond donors (Lipinski definition) is 1. The number of likely N-dealkylation sites (tertiary alicyclic amines) is 1. The molecule has 2 rings (SSSR count).